The highest BCUT2D eigenvalue weighted by Crippen LogP contribution is 2.41. The van der Waals surface area contributed by atoms with E-state index in [2.05, 4.69) is 9.97 Å². The van der Waals surface area contributed by atoms with E-state index in [-0.39, 0.29) is 41.6 Å². The molecular formula is C25H29F3N4O4S. The summed E-state index contributed by atoms with van der Waals surface area (Å²) < 4.78 is 65.6. The maximum Gasteiger partial charge on any atom is 0.391 e. The average Bonchev–Trinajstić information content (AvgIpc) is 3.21. The lowest BCUT2D eigenvalue weighted by Crippen LogP contribution is -2.29. The molecule has 0 aliphatic heterocycles. The number of pyridine rings is 1. The molecule has 0 radical (unpaired) electrons. The van der Waals surface area contributed by atoms with Crippen molar-refractivity contribution in [3.05, 3.63) is 53.6 Å². The molecule has 1 aliphatic rings. The van der Waals surface area contributed by atoms with Crippen molar-refractivity contribution in [1.82, 2.24) is 14.5 Å². The number of benzene rings is 1. The summed E-state index contributed by atoms with van der Waals surface area (Å²) >= 11 is 0. The Morgan fingerprint density at radius 1 is 1.19 bits per heavy atom. The number of nitrogens with two attached hydrogens (primary N) is 1. The lowest BCUT2D eigenvalue weighted by molar-refractivity contribution is -0.183. The molecule has 4 rings (SSSR count). The van der Waals surface area contributed by atoms with Gasteiger partial charge in [-0.15, -0.1) is 0 Å². The van der Waals surface area contributed by atoms with E-state index >= 15 is 0 Å². The van der Waals surface area contributed by atoms with Gasteiger partial charge in [0.25, 0.3) is 0 Å². The summed E-state index contributed by atoms with van der Waals surface area (Å²) in [6.07, 6.45) is -1.67. The molecule has 0 saturated heterocycles. The summed E-state index contributed by atoms with van der Waals surface area (Å²) in [5.41, 5.74) is 7.12. The molecule has 1 fully saturated rings. The van der Waals surface area contributed by atoms with Crippen LogP contribution in [-0.4, -0.2) is 52.5 Å². The topological polar surface area (TPSA) is 128 Å². The fourth-order valence-electron chi connectivity index (χ4n) is 4.99. The lowest BCUT2D eigenvalue weighted by Gasteiger charge is -2.30. The number of halogens is 3. The van der Waals surface area contributed by atoms with E-state index in [4.69, 9.17) is 5.73 Å². The van der Waals surface area contributed by atoms with Crippen molar-refractivity contribution in [3.8, 4) is 0 Å². The number of aliphatic hydroxyl groups is 1. The normalized spacial score (nSPS) is 19.7. The van der Waals surface area contributed by atoms with Crippen LogP contribution >= 0.6 is 0 Å². The average molecular weight is 539 g/mol. The quantitative estimate of drug-likeness (QED) is 0.449. The van der Waals surface area contributed by atoms with Crippen molar-refractivity contribution in [3.63, 3.8) is 0 Å². The van der Waals surface area contributed by atoms with Crippen molar-refractivity contribution < 1.29 is 31.5 Å². The Morgan fingerprint density at radius 3 is 2.43 bits per heavy atom. The molecule has 1 saturated carbocycles. The van der Waals surface area contributed by atoms with Crippen LogP contribution in [0.4, 0.5) is 13.2 Å². The van der Waals surface area contributed by atoms with Gasteiger partial charge in [0.05, 0.1) is 39.9 Å². The Bertz CT molecular complexity index is 1380. The van der Waals surface area contributed by atoms with Gasteiger partial charge in [-0.2, -0.15) is 13.2 Å². The highest BCUT2D eigenvalue weighted by molar-refractivity contribution is 7.91. The molecular weight excluding hydrogens is 509 g/mol. The maximum absolute atomic E-state index is 13.1. The monoisotopic (exact) mass is 538 g/mol. The zero-order valence-electron chi connectivity index (χ0n) is 20.3. The van der Waals surface area contributed by atoms with E-state index in [0.29, 0.717) is 41.8 Å². The fourth-order valence-corrected chi connectivity index (χ4v) is 5.81. The van der Waals surface area contributed by atoms with E-state index in [0.717, 1.165) is 0 Å². The van der Waals surface area contributed by atoms with Gasteiger partial charge in [-0.05, 0) is 61.9 Å². The number of aromatic nitrogens is 3. The number of nitrogens with zero attached hydrogens (tertiary/aromatic N) is 3. The zero-order valence-corrected chi connectivity index (χ0v) is 21.1. The first-order valence-electron chi connectivity index (χ1n) is 12.1. The summed E-state index contributed by atoms with van der Waals surface area (Å²) in [4.78, 5) is 20.8. The molecule has 1 aromatic carbocycles. The number of fused-ring (bicyclic) bond motifs is 1. The number of hydrogen-bond acceptors (Lipinski definition) is 6. The molecule has 0 bridgehead atoms. The van der Waals surface area contributed by atoms with Crippen LogP contribution in [0, 0.1) is 11.8 Å². The largest absolute Gasteiger partial charge is 0.394 e. The molecule has 12 heteroatoms. The van der Waals surface area contributed by atoms with Gasteiger partial charge in [-0.3, -0.25) is 9.78 Å². The van der Waals surface area contributed by atoms with E-state index in [1.807, 2.05) is 0 Å². The van der Waals surface area contributed by atoms with Crippen LogP contribution < -0.4 is 5.73 Å². The minimum atomic E-state index is -4.20. The van der Waals surface area contributed by atoms with Crippen molar-refractivity contribution in [2.24, 2.45) is 17.6 Å². The second-order valence-electron chi connectivity index (χ2n) is 9.45. The third-order valence-corrected chi connectivity index (χ3v) is 8.87. The number of carbonyl (C=O) groups is 1. The third kappa shape index (κ3) is 5.64. The Balaban J connectivity index is 1.72. The van der Waals surface area contributed by atoms with Crippen LogP contribution in [-0.2, 0) is 16.3 Å². The van der Waals surface area contributed by atoms with E-state index in [1.165, 1.54) is 31.3 Å². The van der Waals surface area contributed by atoms with Gasteiger partial charge in [0.2, 0.25) is 5.91 Å². The van der Waals surface area contributed by atoms with Crippen molar-refractivity contribution in [2.75, 3.05) is 12.4 Å². The molecule has 3 N–H and O–H groups in total. The number of alkyl halides is 3. The highest BCUT2D eigenvalue weighted by Gasteiger charge is 2.41. The van der Waals surface area contributed by atoms with Gasteiger partial charge in [-0.1, -0.05) is 6.92 Å². The van der Waals surface area contributed by atoms with Crippen LogP contribution in [0.5, 0.6) is 0 Å². The number of sulfone groups is 1. The van der Waals surface area contributed by atoms with Gasteiger partial charge in [0.1, 0.15) is 11.9 Å². The molecule has 37 heavy (non-hydrogen) atoms. The summed E-state index contributed by atoms with van der Waals surface area (Å²) in [6.45, 7) is 1.15. The molecule has 0 spiro atoms. The molecule has 200 valence electrons. The van der Waals surface area contributed by atoms with Gasteiger partial charge in [-0.25, -0.2) is 13.4 Å². The third-order valence-electron chi connectivity index (χ3n) is 7.15. The second kappa shape index (κ2) is 10.4. The number of rotatable bonds is 8. The van der Waals surface area contributed by atoms with E-state index in [9.17, 15) is 31.5 Å². The van der Waals surface area contributed by atoms with Crippen LogP contribution in [0.2, 0.25) is 0 Å². The van der Waals surface area contributed by atoms with Gasteiger partial charge >= 0.3 is 6.18 Å². The minimum absolute atomic E-state index is 0.0332. The second-order valence-corrected chi connectivity index (χ2v) is 11.7. The molecule has 1 amide bonds. The number of amides is 1. The fraction of sp³-hybridized carbons (Fsp3) is 0.480. The van der Waals surface area contributed by atoms with Crippen molar-refractivity contribution >= 4 is 26.8 Å². The van der Waals surface area contributed by atoms with Gasteiger partial charge in [0.15, 0.2) is 9.84 Å². The lowest BCUT2D eigenvalue weighted by atomic mass is 9.80. The van der Waals surface area contributed by atoms with Crippen LogP contribution in [0.3, 0.4) is 0 Å². The molecule has 1 atom stereocenters. The Labute approximate surface area is 212 Å². The first kappa shape index (κ1) is 27.1. The number of imidazole rings is 1. The van der Waals surface area contributed by atoms with Crippen LogP contribution in [0.25, 0.3) is 11.0 Å². The highest BCUT2D eigenvalue weighted by atomic mass is 32.2. The molecule has 3 aromatic rings. The summed E-state index contributed by atoms with van der Waals surface area (Å²) in [6, 6.07) is 6.98. The van der Waals surface area contributed by atoms with E-state index < -0.39 is 33.9 Å². The standard InChI is InChI=1S/C25H29F3N4O4S/c1-2-37(35,36)18-8-9-19(30-13-18)22(14-33)32-21-10-5-16(24(29)34)12-20(21)31-23(32)11-15-3-6-17(7-4-15)25(26,27)28/h5,8-10,12-13,15,17,22,33H,2-4,6-7,11,14H2,1H3,(H2,29,34)/t15?,17?,22-/m0/s1. The van der Waals surface area contributed by atoms with E-state index in [1.54, 1.807) is 16.7 Å². The Kier molecular flexibility index (Phi) is 7.61. The van der Waals surface area contributed by atoms with Crippen molar-refractivity contribution in [1.29, 1.82) is 0 Å². The Hall–Kier alpha value is -2.99. The first-order chi connectivity index (χ1) is 17.4. The molecule has 8 nitrogen and oxygen atoms in total. The van der Waals surface area contributed by atoms with Crippen LogP contribution in [0.15, 0.2) is 41.4 Å². The number of primary amides is 1. The van der Waals surface area contributed by atoms with Gasteiger partial charge in [0, 0.05) is 18.2 Å². The number of hydrogen-bond donors (Lipinski definition) is 2. The van der Waals surface area contributed by atoms with Gasteiger partial charge < -0.3 is 15.4 Å². The summed E-state index contributed by atoms with van der Waals surface area (Å²) in [5, 5.41) is 10.4. The minimum Gasteiger partial charge on any atom is -0.394 e. The Morgan fingerprint density at radius 2 is 1.89 bits per heavy atom. The smallest absolute Gasteiger partial charge is 0.391 e. The molecule has 2 aromatic heterocycles. The zero-order chi connectivity index (χ0) is 27.0. The number of aliphatic hydroxyl groups excluding tert-OH is 1. The van der Waals surface area contributed by atoms with Crippen molar-refractivity contribution in [2.45, 2.75) is 56.1 Å². The first-order valence-corrected chi connectivity index (χ1v) is 13.8. The summed E-state index contributed by atoms with van der Waals surface area (Å²) in [5.74, 6) is -1.50. The summed E-state index contributed by atoms with van der Waals surface area (Å²) in [7, 11) is -3.46. The SMILES string of the molecule is CCS(=O)(=O)c1ccc([C@H](CO)n2c(CC3CCC(C(F)(F)F)CC3)nc3cc(C(N)=O)ccc32)nc1. The molecule has 1 aliphatic carbocycles. The molecule has 0 unspecified atom stereocenters. The van der Waals surface area contributed by atoms with Crippen LogP contribution in [0.1, 0.15) is 60.5 Å². The molecule has 2 heterocycles. The maximum atomic E-state index is 13.1. The number of carbonyl (C=O) groups excluding carboxylic acids is 1. The predicted molar refractivity (Wildman–Crippen MR) is 131 cm³/mol. The predicted octanol–water partition coefficient (Wildman–Crippen LogP) is 3.82.